The predicted molar refractivity (Wildman–Crippen MR) is 122 cm³/mol. The van der Waals surface area contributed by atoms with Crippen LogP contribution in [0.15, 0.2) is 88.2 Å². The van der Waals surface area contributed by atoms with Crippen LogP contribution in [0.5, 0.6) is 5.88 Å². The molecule has 0 amide bonds. The molecule has 2 heterocycles. The van der Waals surface area contributed by atoms with Crippen LogP contribution < -0.4 is 5.56 Å². The maximum Gasteiger partial charge on any atom is 0.274 e. The lowest BCUT2D eigenvalue weighted by atomic mass is 10.1. The molecule has 0 bridgehead atoms. The number of halogens is 1. The van der Waals surface area contributed by atoms with Crippen molar-refractivity contribution in [3.8, 4) is 28.6 Å². The first-order chi connectivity index (χ1) is 15.1. The Morgan fingerprint density at radius 2 is 1.52 bits per heavy atom. The van der Waals surface area contributed by atoms with Crippen LogP contribution in [-0.4, -0.2) is 19.4 Å². The monoisotopic (exact) mass is 447 g/mol. The molecule has 5 aromatic rings. The smallest absolute Gasteiger partial charge is 0.274 e. The molecule has 8 heteroatoms. The van der Waals surface area contributed by atoms with Gasteiger partial charge in [0, 0.05) is 5.02 Å². The summed E-state index contributed by atoms with van der Waals surface area (Å²) < 4.78 is 8.38. The van der Waals surface area contributed by atoms with Gasteiger partial charge in [-0.1, -0.05) is 47.1 Å². The zero-order valence-electron chi connectivity index (χ0n) is 15.9. The second-order valence-electron chi connectivity index (χ2n) is 6.80. The molecule has 0 radical (unpaired) electrons. The highest BCUT2D eigenvalue weighted by molar-refractivity contribution is 7.71. The molecule has 6 nitrogen and oxygen atoms in total. The fraction of sp³-hybridized carbons (Fsp3) is 0. The number of benzene rings is 3. The van der Waals surface area contributed by atoms with Gasteiger partial charge >= 0.3 is 0 Å². The van der Waals surface area contributed by atoms with Gasteiger partial charge in [0.1, 0.15) is 11.1 Å². The number of para-hydroxylation sites is 1. The Labute approximate surface area is 186 Å². The molecule has 0 aliphatic heterocycles. The van der Waals surface area contributed by atoms with E-state index in [0.29, 0.717) is 27.3 Å². The highest BCUT2D eigenvalue weighted by Gasteiger charge is 2.25. The van der Waals surface area contributed by atoms with Crippen molar-refractivity contribution in [3.05, 3.63) is 99.0 Å². The van der Waals surface area contributed by atoms with E-state index in [-0.39, 0.29) is 22.0 Å². The highest BCUT2D eigenvalue weighted by atomic mass is 35.5. The van der Waals surface area contributed by atoms with Crippen LogP contribution in [0.4, 0.5) is 0 Å². The average Bonchev–Trinajstić information content (AvgIpc) is 3.20. The van der Waals surface area contributed by atoms with E-state index in [0.717, 1.165) is 0 Å². The number of nitrogens with zero attached hydrogens (tertiary/aromatic N) is 3. The summed E-state index contributed by atoms with van der Waals surface area (Å²) >= 11 is 11.7. The first kappa shape index (κ1) is 19.3. The van der Waals surface area contributed by atoms with Crippen LogP contribution in [0.2, 0.25) is 5.02 Å². The molecule has 0 aliphatic carbocycles. The van der Waals surface area contributed by atoms with Crippen molar-refractivity contribution in [1.82, 2.24) is 14.3 Å². The minimum absolute atomic E-state index is 0.0406. The van der Waals surface area contributed by atoms with E-state index in [2.05, 4.69) is 5.16 Å². The van der Waals surface area contributed by atoms with Gasteiger partial charge in [-0.25, -0.2) is 0 Å². The lowest BCUT2D eigenvalue weighted by Gasteiger charge is -2.17. The molecule has 1 N–H and O–H groups in total. The molecule has 31 heavy (non-hydrogen) atoms. The predicted octanol–water partition coefficient (Wildman–Crippen LogP) is 5.52. The van der Waals surface area contributed by atoms with E-state index in [9.17, 15) is 9.90 Å². The molecular weight excluding hydrogens is 434 g/mol. The van der Waals surface area contributed by atoms with Gasteiger partial charge in [-0.05, 0) is 60.7 Å². The molecule has 0 aliphatic rings. The summed E-state index contributed by atoms with van der Waals surface area (Å²) in [5, 5.41) is 16.4. The lowest BCUT2D eigenvalue weighted by molar-refractivity contribution is 0.416. The van der Waals surface area contributed by atoms with Gasteiger partial charge in [0.25, 0.3) is 5.56 Å². The summed E-state index contributed by atoms with van der Waals surface area (Å²) in [4.78, 5) is 13.6. The number of fused-ring (bicyclic) bond motifs is 1. The number of hydrogen-bond acceptors (Lipinski definition) is 5. The lowest BCUT2D eigenvalue weighted by Crippen LogP contribution is -2.25. The third kappa shape index (κ3) is 3.15. The summed E-state index contributed by atoms with van der Waals surface area (Å²) in [6.45, 7) is 0. The Balaban J connectivity index is 1.93. The van der Waals surface area contributed by atoms with Crippen molar-refractivity contribution in [2.24, 2.45) is 0 Å². The Hall–Kier alpha value is -3.68. The minimum Gasteiger partial charge on any atom is -0.493 e. The molecule has 0 saturated carbocycles. The standard InChI is InChI=1S/C23H14ClN3O3S/c24-14-10-12-16(13-11-14)27-22(29)19(20-17-8-4-5-9-18(17)25-30-20)21(28)26(23(27)31)15-6-2-1-3-7-15/h1-13,29H. The fourth-order valence-electron chi connectivity index (χ4n) is 3.49. The fourth-order valence-corrected chi connectivity index (χ4v) is 4.00. The van der Waals surface area contributed by atoms with Crippen molar-refractivity contribution in [2.75, 3.05) is 0 Å². The van der Waals surface area contributed by atoms with Crippen molar-refractivity contribution < 1.29 is 9.63 Å². The van der Waals surface area contributed by atoms with Crippen molar-refractivity contribution >= 4 is 34.7 Å². The maximum atomic E-state index is 13.6. The van der Waals surface area contributed by atoms with E-state index in [1.165, 1.54) is 9.13 Å². The van der Waals surface area contributed by atoms with Crippen LogP contribution in [0, 0.1) is 4.77 Å². The number of rotatable bonds is 3. The van der Waals surface area contributed by atoms with E-state index in [4.69, 9.17) is 28.3 Å². The van der Waals surface area contributed by atoms with Crippen molar-refractivity contribution in [3.63, 3.8) is 0 Å². The molecule has 3 aromatic carbocycles. The molecule has 152 valence electrons. The van der Waals surface area contributed by atoms with Gasteiger partial charge in [0.15, 0.2) is 10.5 Å². The van der Waals surface area contributed by atoms with Crippen LogP contribution in [0.3, 0.4) is 0 Å². The van der Waals surface area contributed by atoms with Crippen LogP contribution in [0.25, 0.3) is 33.6 Å². The zero-order chi connectivity index (χ0) is 21.5. The average molecular weight is 448 g/mol. The quantitative estimate of drug-likeness (QED) is 0.368. The SMILES string of the molecule is O=c1c(-c2onc3ccccc23)c(O)n(-c2ccc(Cl)cc2)c(=S)n1-c1ccccc1. The first-order valence-electron chi connectivity index (χ1n) is 9.33. The van der Waals surface area contributed by atoms with Crippen LogP contribution >= 0.6 is 23.8 Å². The molecule has 0 unspecified atom stereocenters. The van der Waals surface area contributed by atoms with Gasteiger partial charge < -0.3 is 9.63 Å². The Kier molecular flexibility index (Phi) is 4.69. The second-order valence-corrected chi connectivity index (χ2v) is 7.60. The van der Waals surface area contributed by atoms with Crippen molar-refractivity contribution in [2.45, 2.75) is 0 Å². The number of aromatic nitrogens is 3. The van der Waals surface area contributed by atoms with Gasteiger partial charge in [-0.3, -0.25) is 13.9 Å². The molecule has 0 saturated heterocycles. The van der Waals surface area contributed by atoms with Crippen molar-refractivity contribution in [1.29, 1.82) is 0 Å². The van der Waals surface area contributed by atoms with Gasteiger partial charge in [-0.2, -0.15) is 0 Å². The number of hydrogen-bond donors (Lipinski definition) is 1. The summed E-state index contributed by atoms with van der Waals surface area (Å²) in [6.07, 6.45) is 0. The largest absolute Gasteiger partial charge is 0.493 e. The van der Waals surface area contributed by atoms with Crippen LogP contribution in [0.1, 0.15) is 0 Å². The van der Waals surface area contributed by atoms with E-state index in [1.807, 2.05) is 18.2 Å². The van der Waals surface area contributed by atoms with E-state index < -0.39 is 5.56 Å². The molecule has 0 atom stereocenters. The summed E-state index contributed by atoms with van der Waals surface area (Å²) in [5.74, 6) is -0.174. The van der Waals surface area contributed by atoms with Gasteiger partial charge in [-0.15, -0.1) is 0 Å². The van der Waals surface area contributed by atoms with E-state index in [1.54, 1.807) is 60.7 Å². The summed E-state index contributed by atoms with van der Waals surface area (Å²) in [6, 6.07) is 22.9. The van der Waals surface area contributed by atoms with E-state index >= 15 is 0 Å². The summed E-state index contributed by atoms with van der Waals surface area (Å²) in [7, 11) is 0. The third-order valence-electron chi connectivity index (χ3n) is 4.95. The minimum atomic E-state index is -0.513. The molecule has 2 aromatic heterocycles. The summed E-state index contributed by atoms with van der Waals surface area (Å²) in [5.41, 5.74) is 1.12. The molecule has 0 spiro atoms. The zero-order valence-corrected chi connectivity index (χ0v) is 17.5. The van der Waals surface area contributed by atoms with Gasteiger partial charge in [0.05, 0.1) is 16.8 Å². The topological polar surface area (TPSA) is 73.2 Å². The van der Waals surface area contributed by atoms with Crippen LogP contribution in [-0.2, 0) is 0 Å². The third-order valence-corrected chi connectivity index (χ3v) is 5.56. The molecule has 5 rings (SSSR count). The van der Waals surface area contributed by atoms with Gasteiger partial charge in [0.2, 0.25) is 5.88 Å². The normalized spacial score (nSPS) is 11.1. The second kappa shape index (κ2) is 7.54. The maximum absolute atomic E-state index is 13.6. The molecule has 0 fully saturated rings. The number of aromatic hydroxyl groups is 1. The Bertz CT molecular complexity index is 1540. The highest BCUT2D eigenvalue weighted by Crippen LogP contribution is 2.34. The first-order valence-corrected chi connectivity index (χ1v) is 10.1. The Morgan fingerprint density at radius 1 is 0.871 bits per heavy atom. The molecular formula is C23H14ClN3O3S. The Morgan fingerprint density at radius 3 is 2.26 bits per heavy atom.